The molecule has 6 heteroatoms. The van der Waals surface area contributed by atoms with E-state index < -0.39 is 17.8 Å². The highest BCUT2D eigenvalue weighted by Crippen LogP contribution is 2.34. The lowest BCUT2D eigenvalue weighted by atomic mass is 9.94. The highest BCUT2D eigenvalue weighted by Gasteiger charge is 2.41. The van der Waals surface area contributed by atoms with Crippen LogP contribution >= 0.6 is 0 Å². The van der Waals surface area contributed by atoms with Gasteiger partial charge in [-0.1, -0.05) is 6.42 Å². The van der Waals surface area contributed by atoms with Gasteiger partial charge in [0.15, 0.2) is 0 Å². The molecule has 3 atom stereocenters. The van der Waals surface area contributed by atoms with Gasteiger partial charge in [0.05, 0.1) is 37.7 Å². The number of hydrogen-bond acceptors (Lipinski definition) is 4. The van der Waals surface area contributed by atoms with E-state index in [1.165, 1.54) is 0 Å². The first-order valence-corrected chi connectivity index (χ1v) is 6.37. The Kier molecular flexibility index (Phi) is 4.19. The fourth-order valence-electron chi connectivity index (χ4n) is 2.86. The molecule has 6 nitrogen and oxygen atoms in total. The third-order valence-electron chi connectivity index (χ3n) is 3.87. The van der Waals surface area contributed by atoms with E-state index in [0.29, 0.717) is 32.6 Å². The van der Waals surface area contributed by atoms with Crippen molar-refractivity contribution in [3.8, 4) is 0 Å². The second-order valence-corrected chi connectivity index (χ2v) is 4.93. The van der Waals surface area contributed by atoms with Crippen LogP contribution in [-0.2, 0) is 14.3 Å². The number of carbonyl (C=O) groups excluding carboxylic acids is 1. The summed E-state index contributed by atoms with van der Waals surface area (Å²) in [5.41, 5.74) is 0. The van der Waals surface area contributed by atoms with Gasteiger partial charge in [-0.15, -0.1) is 0 Å². The van der Waals surface area contributed by atoms with E-state index in [4.69, 9.17) is 9.84 Å². The third-order valence-corrected chi connectivity index (χ3v) is 3.87. The molecule has 0 radical (unpaired) electrons. The van der Waals surface area contributed by atoms with Gasteiger partial charge in [-0.05, 0) is 12.8 Å². The molecule has 0 aromatic rings. The second kappa shape index (κ2) is 5.67. The number of nitrogens with zero attached hydrogens (tertiary/aromatic N) is 1. The molecule has 0 bridgehead atoms. The number of morpholine rings is 1. The quantitative estimate of drug-likeness (QED) is 0.725. The maximum atomic E-state index is 12.4. The summed E-state index contributed by atoms with van der Waals surface area (Å²) in [6.07, 6.45) is 1.98. The number of aliphatic hydroxyl groups excluding tert-OH is 1. The Morgan fingerprint density at radius 2 is 2.00 bits per heavy atom. The summed E-state index contributed by atoms with van der Waals surface area (Å²) in [6.45, 7) is 1.07. The minimum Gasteiger partial charge on any atom is -0.481 e. The molecule has 2 N–H and O–H groups in total. The molecular formula is C12H19NO5. The summed E-state index contributed by atoms with van der Waals surface area (Å²) in [5, 5.41) is 18.3. The van der Waals surface area contributed by atoms with Gasteiger partial charge in [0, 0.05) is 6.54 Å². The van der Waals surface area contributed by atoms with E-state index in [2.05, 4.69) is 0 Å². The first-order valence-electron chi connectivity index (χ1n) is 6.37. The Morgan fingerprint density at radius 3 is 2.67 bits per heavy atom. The first kappa shape index (κ1) is 13.3. The second-order valence-electron chi connectivity index (χ2n) is 4.93. The number of rotatable bonds is 3. The minimum absolute atomic E-state index is 0.137. The molecule has 0 aromatic heterocycles. The zero-order valence-electron chi connectivity index (χ0n) is 10.2. The smallest absolute Gasteiger partial charge is 0.307 e. The van der Waals surface area contributed by atoms with Gasteiger partial charge in [0.25, 0.3) is 0 Å². The Balaban J connectivity index is 2.07. The third kappa shape index (κ3) is 2.49. The highest BCUT2D eigenvalue weighted by molar-refractivity contribution is 5.85. The number of carbonyl (C=O) groups is 2. The minimum atomic E-state index is -0.889. The highest BCUT2D eigenvalue weighted by atomic mass is 16.5. The molecule has 1 saturated heterocycles. The Labute approximate surface area is 106 Å². The number of aliphatic hydroxyl groups is 1. The molecule has 1 aliphatic carbocycles. The number of aliphatic carboxylic acids is 1. The topological polar surface area (TPSA) is 87.1 Å². The Hall–Kier alpha value is -1.14. The summed E-state index contributed by atoms with van der Waals surface area (Å²) >= 11 is 0. The lowest BCUT2D eigenvalue weighted by Gasteiger charge is -2.36. The van der Waals surface area contributed by atoms with Crippen molar-refractivity contribution in [2.45, 2.75) is 25.3 Å². The maximum absolute atomic E-state index is 12.4. The van der Waals surface area contributed by atoms with E-state index in [1.54, 1.807) is 4.90 Å². The van der Waals surface area contributed by atoms with Crippen LogP contribution in [0.2, 0.25) is 0 Å². The van der Waals surface area contributed by atoms with Crippen molar-refractivity contribution in [3.63, 3.8) is 0 Å². The van der Waals surface area contributed by atoms with Crippen molar-refractivity contribution in [3.05, 3.63) is 0 Å². The normalized spacial score (nSPS) is 32.5. The van der Waals surface area contributed by atoms with Gasteiger partial charge < -0.3 is 19.8 Å². The number of ether oxygens (including phenoxy) is 1. The molecule has 0 aromatic carbocycles. The van der Waals surface area contributed by atoms with Crippen molar-refractivity contribution >= 4 is 11.9 Å². The van der Waals surface area contributed by atoms with Gasteiger partial charge >= 0.3 is 5.97 Å². The first-order chi connectivity index (χ1) is 8.65. The number of amides is 1. The van der Waals surface area contributed by atoms with Gasteiger partial charge in [-0.3, -0.25) is 9.59 Å². The molecule has 2 rings (SSSR count). The maximum Gasteiger partial charge on any atom is 0.307 e. The predicted molar refractivity (Wildman–Crippen MR) is 61.9 cm³/mol. The lowest BCUT2D eigenvalue weighted by molar-refractivity contribution is -0.154. The van der Waals surface area contributed by atoms with Crippen LogP contribution in [0.5, 0.6) is 0 Å². The van der Waals surface area contributed by atoms with Gasteiger partial charge in [0.1, 0.15) is 0 Å². The lowest BCUT2D eigenvalue weighted by Crippen LogP contribution is -2.53. The van der Waals surface area contributed by atoms with Crippen molar-refractivity contribution in [1.82, 2.24) is 4.90 Å². The standard InChI is InChI=1S/C12H19NO5/c14-6-8-7-18-5-4-13(8)11(15)9-2-1-3-10(9)12(16)17/h8-10,14H,1-7H2,(H,16,17)/t8?,9-,10+/m1/s1. The summed E-state index contributed by atoms with van der Waals surface area (Å²) in [6, 6.07) is -0.332. The molecule has 2 aliphatic rings. The molecule has 1 unspecified atom stereocenters. The van der Waals surface area contributed by atoms with E-state index in [1.807, 2.05) is 0 Å². The number of carboxylic acids is 1. The average Bonchev–Trinajstić information content (AvgIpc) is 2.87. The Bertz CT molecular complexity index is 332. The summed E-state index contributed by atoms with van der Waals surface area (Å²) in [5.74, 6) is -2.03. The van der Waals surface area contributed by atoms with Gasteiger partial charge in [-0.25, -0.2) is 0 Å². The van der Waals surface area contributed by atoms with Gasteiger partial charge in [-0.2, -0.15) is 0 Å². The molecule has 0 spiro atoms. The van der Waals surface area contributed by atoms with Crippen molar-refractivity contribution in [2.75, 3.05) is 26.4 Å². The van der Waals surface area contributed by atoms with Crippen LogP contribution in [0.4, 0.5) is 0 Å². The molecule has 1 amide bonds. The van der Waals surface area contributed by atoms with E-state index in [9.17, 15) is 14.7 Å². The number of carboxylic acid groups (broad SMARTS) is 1. The van der Waals surface area contributed by atoms with Gasteiger partial charge in [0.2, 0.25) is 5.91 Å². The largest absolute Gasteiger partial charge is 0.481 e. The van der Waals surface area contributed by atoms with E-state index in [-0.39, 0.29) is 18.6 Å². The van der Waals surface area contributed by atoms with Crippen molar-refractivity contribution in [2.24, 2.45) is 11.8 Å². The van der Waals surface area contributed by atoms with Crippen molar-refractivity contribution in [1.29, 1.82) is 0 Å². The molecule has 1 aliphatic heterocycles. The van der Waals surface area contributed by atoms with Crippen LogP contribution < -0.4 is 0 Å². The SMILES string of the molecule is O=C(O)[C@H]1CCC[C@H]1C(=O)N1CCOCC1CO. The van der Waals surface area contributed by atoms with Crippen LogP contribution in [0.25, 0.3) is 0 Å². The molecule has 1 heterocycles. The monoisotopic (exact) mass is 257 g/mol. The molecule has 18 heavy (non-hydrogen) atoms. The molecule has 2 fully saturated rings. The zero-order valence-corrected chi connectivity index (χ0v) is 10.2. The number of hydrogen-bond donors (Lipinski definition) is 2. The zero-order chi connectivity index (χ0) is 13.1. The van der Waals surface area contributed by atoms with E-state index in [0.717, 1.165) is 6.42 Å². The van der Waals surface area contributed by atoms with Crippen LogP contribution in [-0.4, -0.2) is 59.4 Å². The van der Waals surface area contributed by atoms with Crippen LogP contribution in [0, 0.1) is 11.8 Å². The van der Waals surface area contributed by atoms with E-state index >= 15 is 0 Å². The van der Waals surface area contributed by atoms with Crippen LogP contribution in [0.3, 0.4) is 0 Å². The Morgan fingerprint density at radius 1 is 1.28 bits per heavy atom. The molecular weight excluding hydrogens is 238 g/mol. The average molecular weight is 257 g/mol. The summed E-state index contributed by atoms with van der Waals surface area (Å²) in [4.78, 5) is 25.1. The van der Waals surface area contributed by atoms with Crippen LogP contribution in [0.1, 0.15) is 19.3 Å². The molecule has 102 valence electrons. The van der Waals surface area contributed by atoms with Crippen LogP contribution in [0.15, 0.2) is 0 Å². The fraction of sp³-hybridized carbons (Fsp3) is 0.833. The fourth-order valence-corrected chi connectivity index (χ4v) is 2.86. The molecule has 1 saturated carbocycles. The predicted octanol–water partition coefficient (Wildman–Crippen LogP) is -0.293. The van der Waals surface area contributed by atoms with Crippen molar-refractivity contribution < 1.29 is 24.5 Å². The summed E-state index contributed by atoms with van der Waals surface area (Å²) < 4.78 is 5.22. The summed E-state index contributed by atoms with van der Waals surface area (Å²) in [7, 11) is 0.